The predicted octanol–water partition coefficient (Wildman–Crippen LogP) is 5.40. The van der Waals surface area contributed by atoms with Gasteiger partial charge in [0.2, 0.25) is 0 Å². The lowest BCUT2D eigenvalue weighted by molar-refractivity contribution is 0.0494. The zero-order valence-electron chi connectivity index (χ0n) is 15.8. The van der Waals surface area contributed by atoms with Gasteiger partial charge in [0.1, 0.15) is 11.9 Å². The van der Waals surface area contributed by atoms with Gasteiger partial charge < -0.3 is 14.2 Å². The van der Waals surface area contributed by atoms with Gasteiger partial charge in [-0.1, -0.05) is 20.3 Å². The Labute approximate surface area is 152 Å². The summed E-state index contributed by atoms with van der Waals surface area (Å²) in [6, 6.07) is 10.3. The van der Waals surface area contributed by atoms with E-state index in [4.69, 9.17) is 4.74 Å². The van der Waals surface area contributed by atoms with E-state index in [0.29, 0.717) is 12.1 Å². The van der Waals surface area contributed by atoms with E-state index in [2.05, 4.69) is 53.8 Å². The second-order valence-electron chi connectivity index (χ2n) is 7.85. The maximum atomic E-state index is 6.33. The molecule has 1 aliphatic heterocycles. The highest BCUT2D eigenvalue weighted by atomic mass is 16.5. The van der Waals surface area contributed by atoms with Gasteiger partial charge in [0.15, 0.2) is 0 Å². The zero-order chi connectivity index (χ0) is 17.2. The Morgan fingerprint density at radius 1 is 1.04 bits per heavy atom. The summed E-state index contributed by atoms with van der Waals surface area (Å²) in [4.78, 5) is 2.68. The van der Waals surface area contributed by atoms with E-state index < -0.39 is 0 Å². The molecule has 0 amide bonds. The van der Waals surface area contributed by atoms with Gasteiger partial charge in [0.25, 0.3) is 0 Å². The summed E-state index contributed by atoms with van der Waals surface area (Å²) in [6.07, 6.45) is 11.6. The minimum atomic E-state index is 0.384. The first kappa shape index (κ1) is 17.0. The molecule has 2 aliphatic rings. The van der Waals surface area contributed by atoms with Crippen LogP contribution >= 0.6 is 0 Å². The minimum absolute atomic E-state index is 0.384. The average molecular weight is 341 g/mol. The number of fused-ring (bicyclic) bond motifs is 1. The smallest absolute Gasteiger partial charge is 0.120 e. The SMILES string of the molecule is CCC(CC)n1ccc2cc(OC3CCN(C4CCC4)CC3)ccc21. The topological polar surface area (TPSA) is 17.4 Å². The molecule has 2 aromatic rings. The van der Waals surface area contributed by atoms with E-state index in [9.17, 15) is 0 Å². The molecule has 1 saturated heterocycles. The summed E-state index contributed by atoms with van der Waals surface area (Å²) in [5.74, 6) is 1.04. The molecule has 2 fully saturated rings. The fraction of sp³-hybridized carbons (Fsp3) is 0.636. The molecule has 136 valence electrons. The number of piperidine rings is 1. The third-order valence-electron chi connectivity index (χ3n) is 6.40. The van der Waals surface area contributed by atoms with Gasteiger partial charge in [0, 0.05) is 42.3 Å². The highest BCUT2D eigenvalue weighted by Crippen LogP contribution is 2.30. The number of likely N-dealkylation sites (tertiary alicyclic amines) is 1. The van der Waals surface area contributed by atoms with E-state index in [-0.39, 0.29) is 0 Å². The molecule has 3 heteroatoms. The molecule has 0 spiro atoms. The van der Waals surface area contributed by atoms with E-state index >= 15 is 0 Å². The summed E-state index contributed by atoms with van der Waals surface area (Å²) in [5, 5.41) is 1.30. The van der Waals surface area contributed by atoms with Crippen molar-refractivity contribution in [3.05, 3.63) is 30.5 Å². The number of ether oxygens (including phenoxy) is 1. The fourth-order valence-electron chi connectivity index (χ4n) is 4.52. The average Bonchev–Trinajstić information content (AvgIpc) is 3.00. The largest absolute Gasteiger partial charge is 0.490 e. The molecule has 0 bridgehead atoms. The van der Waals surface area contributed by atoms with Gasteiger partial charge in [-0.3, -0.25) is 0 Å². The van der Waals surface area contributed by atoms with E-state index in [1.165, 1.54) is 68.9 Å². The van der Waals surface area contributed by atoms with E-state index in [1.807, 2.05) is 0 Å². The monoisotopic (exact) mass is 340 g/mol. The summed E-state index contributed by atoms with van der Waals surface area (Å²) in [5.41, 5.74) is 1.33. The van der Waals surface area contributed by atoms with Gasteiger partial charge in [-0.05, 0) is 62.8 Å². The summed E-state index contributed by atoms with van der Waals surface area (Å²) >= 11 is 0. The van der Waals surface area contributed by atoms with Crippen LogP contribution in [0, 0.1) is 0 Å². The van der Waals surface area contributed by atoms with Crippen molar-refractivity contribution in [2.45, 2.75) is 77.0 Å². The maximum Gasteiger partial charge on any atom is 0.120 e. The van der Waals surface area contributed by atoms with Crippen LogP contribution in [0.1, 0.15) is 64.8 Å². The second kappa shape index (κ2) is 7.41. The Hall–Kier alpha value is -1.48. The predicted molar refractivity (Wildman–Crippen MR) is 104 cm³/mol. The van der Waals surface area contributed by atoms with Gasteiger partial charge >= 0.3 is 0 Å². The quantitative estimate of drug-likeness (QED) is 0.700. The van der Waals surface area contributed by atoms with Crippen LogP contribution in [0.3, 0.4) is 0 Å². The Morgan fingerprint density at radius 2 is 1.80 bits per heavy atom. The molecule has 2 heterocycles. The van der Waals surface area contributed by atoms with Crippen LogP contribution in [0.5, 0.6) is 5.75 Å². The summed E-state index contributed by atoms with van der Waals surface area (Å²) < 4.78 is 8.76. The Balaban J connectivity index is 1.40. The Kier molecular flexibility index (Phi) is 5.03. The van der Waals surface area contributed by atoms with Crippen molar-refractivity contribution in [3.8, 4) is 5.75 Å². The number of aromatic nitrogens is 1. The van der Waals surface area contributed by atoms with Gasteiger partial charge in [0.05, 0.1) is 0 Å². The molecular formula is C22H32N2O. The van der Waals surface area contributed by atoms with Gasteiger partial charge in [-0.25, -0.2) is 0 Å². The molecule has 0 radical (unpaired) electrons. The number of benzene rings is 1. The Bertz CT molecular complexity index is 691. The summed E-state index contributed by atoms with van der Waals surface area (Å²) in [6.45, 7) is 6.96. The van der Waals surface area contributed by atoms with E-state index in [1.54, 1.807) is 0 Å². The van der Waals surface area contributed by atoms with Crippen molar-refractivity contribution in [3.63, 3.8) is 0 Å². The van der Waals surface area contributed by atoms with Crippen molar-refractivity contribution >= 4 is 10.9 Å². The molecule has 0 atom stereocenters. The van der Waals surface area contributed by atoms with Gasteiger partial charge in [-0.15, -0.1) is 0 Å². The molecule has 25 heavy (non-hydrogen) atoms. The highest BCUT2D eigenvalue weighted by molar-refractivity contribution is 5.81. The van der Waals surface area contributed by atoms with Crippen LogP contribution < -0.4 is 4.74 Å². The number of nitrogens with zero attached hydrogens (tertiary/aromatic N) is 2. The Morgan fingerprint density at radius 3 is 2.44 bits per heavy atom. The molecule has 0 N–H and O–H groups in total. The second-order valence-corrected chi connectivity index (χ2v) is 7.85. The van der Waals surface area contributed by atoms with Crippen LogP contribution in [0.15, 0.2) is 30.5 Å². The number of hydrogen-bond donors (Lipinski definition) is 0. The molecule has 1 aromatic carbocycles. The fourth-order valence-corrected chi connectivity index (χ4v) is 4.52. The van der Waals surface area contributed by atoms with Crippen LogP contribution in [0.4, 0.5) is 0 Å². The van der Waals surface area contributed by atoms with Crippen LogP contribution in [0.2, 0.25) is 0 Å². The molecular weight excluding hydrogens is 308 g/mol. The van der Waals surface area contributed by atoms with Crippen molar-refractivity contribution in [1.29, 1.82) is 0 Å². The first-order valence-electron chi connectivity index (χ1n) is 10.3. The third kappa shape index (κ3) is 3.44. The maximum absolute atomic E-state index is 6.33. The van der Waals surface area contributed by atoms with Crippen molar-refractivity contribution in [2.75, 3.05) is 13.1 Å². The highest BCUT2D eigenvalue weighted by Gasteiger charge is 2.29. The molecule has 4 rings (SSSR count). The van der Waals surface area contributed by atoms with Crippen molar-refractivity contribution in [2.24, 2.45) is 0 Å². The van der Waals surface area contributed by atoms with Crippen LogP contribution in [-0.2, 0) is 0 Å². The molecule has 3 nitrogen and oxygen atoms in total. The molecule has 1 aliphatic carbocycles. The number of rotatable bonds is 6. The van der Waals surface area contributed by atoms with Crippen LogP contribution in [0.25, 0.3) is 10.9 Å². The molecule has 1 aromatic heterocycles. The molecule has 0 unspecified atom stereocenters. The normalized spacial score (nSPS) is 20.3. The first-order chi connectivity index (χ1) is 12.3. The number of hydrogen-bond acceptors (Lipinski definition) is 2. The first-order valence-corrected chi connectivity index (χ1v) is 10.3. The zero-order valence-corrected chi connectivity index (χ0v) is 15.8. The minimum Gasteiger partial charge on any atom is -0.490 e. The lowest BCUT2D eigenvalue weighted by atomic mass is 9.90. The lowest BCUT2D eigenvalue weighted by Gasteiger charge is -2.41. The third-order valence-corrected chi connectivity index (χ3v) is 6.40. The van der Waals surface area contributed by atoms with Crippen molar-refractivity contribution in [1.82, 2.24) is 9.47 Å². The van der Waals surface area contributed by atoms with Crippen LogP contribution in [-0.4, -0.2) is 34.7 Å². The van der Waals surface area contributed by atoms with Gasteiger partial charge in [-0.2, -0.15) is 0 Å². The van der Waals surface area contributed by atoms with E-state index in [0.717, 1.165) is 11.8 Å². The summed E-state index contributed by atoms with van der Waals surface area (Å²) in [7, 11) is 0. The molecule has 1 saturated carbocycles. The lowest BCUT2D eigenvalue weighted by Crippen LogP contribution is -2.46. The standard InChI is InChI=1S/C22H32N2O/c1-3-18(4-2)24-15-10-17-16-21(8-9-22(17)24)25-20-11-13-23(14-12-20)19-6-5-7-19/h8-10,15-16,18-20H,3-7,11-14H2,1-2H3. The van der Waals surface area contributed by atoms with Crippen molar-refractivity contribution < 1.29 is 4.74 Å².